The van der Waals surface area contributed by atoms with E-state index >= 15 is 0 Å². The van der Waals surface area contributed by atoms with Crippen molar-refractivity contribution in [2.24, 2.45) is 0 Å². The predicted molar refractivity (Wildman–Crippen MR) is 119 cm³/mol. The molecule has 3 rings (SSSR count). The summed E-state index contributed by atoms with van der Waals surface area (Å²) in [6.45, 7) is 2.29. The molecule has 0 radical (unpaired) electrons. The average Bonchev–Trinajstić information content (AvgIpc) is 3.18. The molecule has 0 aliphatic heterocycles. The maximum atomic E-state index is 12.9. The van der Waals surface area contributed by atoms with Gasteiger partial charge < -0.3 is 9.29 Å². The molecule has 0 amide bonds. The van der Waals surface area contributed by atoms with Crippen molar-refractivity contribution in [3.63, 3.8) is 0 Å². The van der Waals surface area contributed by atoms with Gasteiger partial charge in [-0.25, -0.2) is 4.98 Å². The van der Waals surface area contributed by atoms with Gasteiger partial charge in [0.25, 0.3) is 0 Å². The number of nitrogens with zero attached hydrogens (tertiary/aromatic N) is 2. The van der Waals surface area contributed by atoms with E-state index in [9.17, 15) is 17.7 Å². The predicted octanol–water partition coefficient (Wildman–Crippen LogP) is 6.36. The number of aryl methyl sites for hydroxylation is 1. The van der Waals surface area contributed by atoms with E-state index in [1.165, 1.54) is 29.7 Å². The van der Waals surface area contributed by atoms with Gasteiger partial charge in [-0.1, -0.05) is 25.5 Å². The number of ether oxygens (including phenoxy) is 1. The lowest BCUT2D eigenvalue weighted by Crippen LogP contribution is -2.03. The van der Waals surface area contributed by atoms with Crippen LogP contribution >= 0.6 is 11.3 Å². The Balaban J connectivity index is 1.84. The number of thiazole rings is 1. The van der Waals surface area contributed by atoms with Gasteiger partial charge in [0.15, 0.2) is 4.90 Å². The first-order valence-corrected chi connectivity index (χ1v) is 12.3. The van der Waals surface area contributed by atoms with Crippen LogP contribution in [0.25, 0.3) is 10.6 Å². The highest BCUT2D eigenvalue weighted by molar-refractivity contribution is 7.90. The summed E-state index contributed by atoms with van der Waals surface area (Å²) in [6, 6.07) is 11.8. The van der Waals surface area contributed by atoms with Crippen LogP contribution in [-0.4, -0.2) is 15.8 Å². The third-order valence-electron chi connectivity index (χ3n) is 4.76. The van der Waals surface area contributed by atoms with Crippen molar-refractivity contribution in [3.05, 3.63) is 64.2 Å². The van der Waals surface area contributed by atoms with Crippen molar-refractivity contribution < 1.29 is 22.5 Å². The van der Waals surface area contributed by atoms with Crippen molar-refractivity contribution in [2.75, 3.05) is 6.26 Å². The molecule has 1 unspecified atom stereocenters. The SMILES string of the molecule is CCCCc1nc(-c2ccc(C(F)(F)F)cc2)sc1COc1ccc(C#N)c([S+](C)[O-])c1. The van der Waals surface area contributed by atoms with E-state index in [1.54, 1.807) is 18.2 Å². The van der Waals surface area contributed by atoms with Gasteiger partial charge in [0.2, 0.25) is 0 Å². The minimum atomic E-state index is -4.38. The Morgan fingerprint density at radius 2 is 1.91 bits per heavy atom. The highest BCUT2D eigenvalue weighted by Gasteiger charge is 2.30. The number of aromatic nitrogens is 1. The highest BCUT2D eigenvalue weighted by atomic mass is 32.2. The van der Waals surface area contributed by atoms with Crippen molar-refractivity contribution in [2.45, 2.75) is 43.9 Å². The van der Waals surface area contributed by atoms with Crippen LogP contribution < -0.4 is 4.74 Å². The van der Waals surface area contributed by atoms with Crippen molar-refractivity contribution in [1.82, 2.24) is 4.98 Å². The quantitative estimate of drug-likeness (QED) is 0.353. The molecule has 0 N–H and O–H groups in total. The maximum absolute atomic E-state index is 12.9. The Labute approximate surface area is 191 Å². The fourth-order valence-electron chi connectivity index (χ4n) is 3.03. The fourth-order valence-corrected chi connectivity index (χ4v) is 4.76. The molecule has 0 fully saturated rings. The second-order valence-electron chi connectivity index (χ2n) is 7.08. The molecule has 0 saturated heterocycles. The number of rotatable bonds is 8. The first-order valence-electron chi connectivity index (χ1n) is 9.89. The zero-order valence-corrected chi connectivity index (χ0v) is 19.2. The summed E-state index contributed by atoms with van der Waals surface area (Å²) in [4.78, 5) is 5.96. The Morgan fingerprint density at radius 3 is 2.50 bits per heavy atom. The molecule has 0 aliphatic rings. The van der Waals surface area contributed by atoms with Crippen LogP contribution in [0.15, 0.2) is 47.4 Å². The van der Waals surface area contributed by atoms with Gasteiger partial charge in [0.1, 0.15) is 35.3 Å². The van der Waals surface area contributed by atoms with E-state index < -0.39 is 22.9 Å². The van der Waals surface area contributed by atoms with Gasteiger partial charge in [-0.05, 0) is 48.3 Å². The minimum absolute atomic E-state index is 0.221. The molecule has 0 spiro atoms. The van der Waals surface area contributed by atoms with Gasteiger partial charge in [-0.3, -0.25) is 0 Å². The number of hydrogen-bond donors (Lipinski definition) is 0. The smallest absolute Gasteiger partial charge is 0.416 e. The summed E-state index contributed by atoms with van der Waals surface area (Å²) in [5, 5.41) is 9.80. The molecule has 0 aliphatic carbocycles. The summed E-state index contributed by atoms with van der Waals surface area (Å²) in [5.41, 5.74) is 1.12. The van der Waals surface area contributed by atoms with E-state index in [0.717, 1.165) is 42.0 Å². The fraction of sp³-hybridized carbons (Fsp3) is 0.304. The Kier molecular flexibility index (Phi) is 7.82. The summed E-state index contributed by atoms with van der Waals surface area (Å²) in [5.74, 6) is 0.486. The number of unbranched alkanes of at least 4 members (excludes halogenated alkanes) is 1. The van der Waals surface area contributed by atoms with Crippen LogP contribution in [0, 0.1) is 11.3 Å². The third-order valence-corrected chi connectivity index (χ3v) is 6.84. The normalized spacial score (nSPS) is 12.4. The zero-order chi connectivity index (χ0) is 23.3. The van der Waals surface area contributed by atoms with Gasteiger partial charge in [0, 0.05) is 11.6 Å². The molecule has 168 valence electrons. The summed E-state index contributed by atoms with van der Waals surface area (Å²) < 4.78 is 56.3. The molecule has 1 aromatic heterocycles. The average molecular weight is 479 g/mol. The van der Waals surface area contributed by atoms with Crippen molar-refractivity contribution in [3.8, 4) is 22.4 Å². The van der Waals surface area contributed by atoms with Gasteiger partial charge in [0.05, 0.1) is 16.1 Å². The number of halogens is 3. The molecule has 0 saturated carbocycles. The monoisotopic (exact) mass is 478 g/mol. The number of benzene rings is 2. The van der Waals surface area contributed by atoms with E-state index in [1.807, 2.05) is 6.07 Å². The molecule has 1 atom stereocenters. The second-order valence-corrected chi connectivity index (χ2v) is 9.51. The van der Waals surface area contributed by atoms with Gasteiger partial charge in [-0.2, -0.15) is 18.4 Å². The Hall–Kier alpha value is -2.54. The molecule has 4 nitrogen and oxygen atoms in total. The largest absolute Gasteiger partial charge is 0.612 e. The third kappa shape index (κ3) is 5.82. The van der Waals surface area contributed by atoms with Gasteiger partial charge in [-0.15, -0.1) is 11.3 Å². The van der Waals surface area contributed by atoms with Crippen LogP contribution in [-0.2, 0) is 30.4 Å². The number of alkyl halides is 3. The van der Waals surface area contributed by atoms with E-state index in [2.05, 4.69) is 11.9 Å². The maximum Gasteiger partial charge on any atom is 0.416 e. The van der Waals surface area contributed by atoms with Crippen LogP contribution in [0.5, 0.6) is 5.75 Å². The first kappa shape index (κ1) is 24.1. The van der Waals surface area contributed by atoms with Crippen molar-refractivity contribution >= 4 is 22.5 Å². The molecule has 1 heterocycles. The molecule has 32 heavy (non-hydrogen) atoms. The Bertz CT molecular complexity index is 1100. The second kappa shape index (κ2) is 10.4. The highest BCUT2D eigenvalue weighted by Crippen LogP contribution is 2.34. The lowest BCUT2D eigenvalue weighted by atomic mass is 10.1. The molecule has 2 aromatic carbocycles. The zero-order valence-electron chi connectivity index (χ0n) is 17.5. The standard InChI is InChI=1S/C23H21F3N2O2S2/c1-3-4-5-19-20(14-30-18-11-8-16(13-27)21(12-18)32(2)29)31-22(28-19)15-6-9-17(10-7-15)23(24,25)26/h6-12H,3-5,14H2,1-2H3. The van der Waals surface area contributed by atoms with Crippen molar-refractivity contribution in [1.29, 1.82) is 5.26 Å². The van der Waals surface area contributed by atoms with Gasteiger partial charge >= 0.3 is 6.18 Å². The molecular formula is C23H21F3N2O2S2. The first-order chi connectivity index (χ1) is 15.2. The Morgan fingerprint density at radius 1 is 1.19 bits per heavy atom. The number of hydrogen-bond acceptors (Lipinski definition) is 5. The lowest BCUT2D eigenvalue weighted by Gasteiger charge is -2.10. The van der Waals surface area contributed by atoms with Crippen LogP contribution in [0.1, 0.15) is 41.5 Å². The summed E-state index contributed by atoms with van der Waals surface area (Å²) in [6.07, 6.45) is -0.227. The van der Waals surface area contributed by atoms with E-state index in [-0.39, 0.29) is 6.61 Å². The molecule has 0 bridgehead atoms. The van der Waals surface area contributed by atoms with Crippen LogP contribution in [0.3, 0.4) is 0 Å². The minimum Gasteiger partial charge on any atom is -0.612 e. The molecule has 3 aromatic rings. The van der Waals surface area contributed by atoms with Crippen LogP contribution in [0.4, 0.5) is 13.2 Å². The summed E-state index contributed by atoms with van der Waals surface area (Å²) in [7, 11) is 0. The van der Waals surface area contributed by atoms with E-state index in [0.29, 0.717) is 26.8 Å². The number of nitriles is 1. The van der Waals surface area contributed by atoms with E-state index in [4.69, 9.17) is 10.00 Å². The molecule has 9 heteroatoms. The summed E-state index contributed by atoms with van der Waals surface area (Å²) >= 11 is 0.0551. The molecular weight excluding hydrogens is 457 g/mol. The topological polar surface area (TPSA) is 69.0 Å². The lowest BCUT2D eigenvalue weighted by molar-refractivity contribution is -0.137. The van der Waals surface area contributed by atoms with Crippen LogP contribution in [0.2, 0.25) is 0 Å².